The highest BCUT2D eigenvalue weighted by Crippen LogP contribution is 2.24. The third kappa shape index (κ3) is 2.87. The summed E-state index contributed by atoms with van der Waals surface area (Å²) in [5.74, 6) is 0.575. The van der Waals surface area contributed by atoms with E-state index in [1.54, 1.807) is 0 Å². The highest BCUT2D eigenvalue weighted by atomic mass is 32.2. The average molecular weight is 250 g/mol. The van der Waals surface area contributed by atoms with Gasteiger partial charge in [0.2, 0.25) is 0 Å². The fraction of sp³-hybridized carbons (Fsp3) is 0.545. The molecule has 2 rings (SSSR count). The van der Waals surface area contributed by atoms with Crippen molar-refractivity contribution < 1.29 is 5.11 Å². The van der Waals surface area contributed by atoms with Gasteiger partial charge in [0.1, 0.15) is 17.5 Å². The number of anilines is 1. The Balaban J connectivity index is 2.16. The SMILES string of the molecule is CSc1ncc(C#N)c(N[C@H]2CC[C@H](O)C2)n1. The van der Waals surface area contributed by atoms with Crippen LogP contribution in [0.2, 0.25) is 0 Å². The lowest BCUT2D eigenvalue weighted by atomic mass is 10.2. The van der Waals surface area contributed by atoms with Crippen molar-refractivity contribution in [3.8, 4) is 6.07 Å². The van der Waals surface area contributed by atoms with Crippen molar-refractivity contribution >= 4 is 17.6 Å². The molecule has 1 aliphatic rings. The van der Waals surface area contributed by atoms with Gasteiger partial charge in [0, 0.05) is 6.04 Å². The molecule has 0 aromatic carbocycles. The van der Waals surface area contributed by atoms with Gasteiger partial charge in [0.15, 0.2) is 5.16 Å². The molecule has 1 aromatic heterocycles. The van der Waals surface area contributed by atoms with Gasteiger partial charge in [0.05, 0.1) is 12.3 Å². The summed E-state index contributed by atoms with van der Waals surface area (Å²) in [6.07, 6.45) is 5.62. The number of rotatable bonds is 3. The minimum absolute atomic E-state index is 0.196. The summed E-state index contributed by atoms with van der Waals surface area (Å²) < 4.78 is 0. The number of nitrogens with one attached hydrogen (secondary N) is 1. The Morgan fingerprint density at radius 3 is 3.00 bits per heavy atom. The molecule has 1 fully saturated rings. The lowest BCUT2D eigenvalue weighted by molar-refractivity contribution is 0.182. The van der Waals surface area contributed by atoms with E-state index in [2.05, 4.69) is 21.4 Å². The summed E-state index contributed by atoms with van der Waals surface area (Å²) in [6.45, 7) is 0. The van der Waals surface area contributed by atoms with Crippen molar-refractivity contribution in [2.24, 2.45) is 0 Å². The van der Waals surface area contributed by atoms with Gasteiger partial charge in [0.25, 0.3) is 0 Å². The van der Waals surface area contributed by atoms with Crippen molar-refractivity contribution in [2.75, 3.05) is 11.6 Å². The normalized spacial score (nSPS) is 23.4. The molecule has 0 amide bonds. The number of nitriles is 1. The third-order valence-corrected chi connectivity index (χ3v) is 3.38. The predicted molar refractivity (Wildman–Crippen MR) is 65.8 cm³/mol. The molecule has 0 unspecified atom stereocenters. The largest absolute Gasteiger partial charge is 0.393 e. The molecule has 0 saturated heterocycles. The maximum Gasteiger partial charge on any atom is 0.189 e. The zero-order chi connectivity index (χ0) is 12.3. The second-order valence-corrected chi connectivity index (χ2v) is 4.81. The number of aromatic nitrogens is 2. The van der Waals surface area contributed by atoms with Crippen LogP contribution >= 0.6 is 11.8 Å². The monoisotopic (exact) mass is 250 g/mol. The number of aliphatic hydroxyl groups excluding tert-OH is 1. The maximum absolute atomic E-state index is 9.46. The van der Waals surface area contributed by atoms with Gasteiger partial charge >= 0.3 is 0 Å². The quantitative estimate of drug-likeness (QED) is 0.623. The maximum atomic E-state index is 9.46. The second-order valence-electron chi connectivity index (χ2n) is 4.04. The zero-order valence-electron chi connectivity index (χ0n) is 9.55. The molecule has 1 aliphatic carbocycles. The van der Waals surface area contributed by atoms with E-state index in [4.69, 9.17) is 5.26 Å². The molecule has 17 heavy (non-hydrogen) atoms. The molecule has 2 N–H and O–H groups in total. The minimum atomic E-state index is -0.236. The smallest absolute Gasteiger partial charge is 0.189 e. The highest BCUT2D eigenvalue weighted by molar-refractivity contribution is 7.98. The van der Waals surface area contributed by atoms with E-state index >= 15 is 0 Å². The van der Waals surface area contributed by atoms with Crippen LogP contribution in [-0.2, 0) is 0 Å². The van der Waals surface area contributed by atoms with Gasteiger partial charge in [-0.05, 0) is 25.5 Å². The molecule has 0 aliphatic heterocycles. The fourth-order valence-electron chi connectivity index (χ4n) is 1.94. The van der Waals surface area contributed by atoms with E-state index < -0.39 is 0 Å². The standard InChI is InChI=1S/C11H14N4OS/c1-17-11-13-6-7(5-12)10(15-11)14-8-2-3-9(16)4-8/h6,8-9,16H,2-4H2,1H3,(H,13,14,15)/t8-,9-/m0/s1. The number of nitrogens with zero attached hydrogens (tertiary/aromatic N) is 3. The molecule has 1 saturated carbocycles. The first kappa shape index (κ1) is 12.1. The lowest BCUT2D eigenvalue weighted by Crippen LogP contribution is -2.18. The van der Waals surface area contributed by atoms with Crippen LogP contribution in [0.25, 0.3) is 0 Å². The lowest BCUT2D eigenvalue weighted by Gasteiger charge is -2.14. The molecular formula is C11H14N4OS. The van der Waals surface area contributed by atoms with E-state index in [1.165, 1.54) is 18.0 Å². The second kappa shape index (κ2) is 5.34. The van der Waals surface area contributed by atoms with Gasteiger partial charge in [-0.1, -0.05) is 11.8 Å². The molecule has 90 valence electrons. The van der Waals surface area contributed by atoms with Crippen LogP contribution in [0.4, 0.5) is 5.82 Å². The molecule has 2 atom stereocenters. The number of hydrogen-bond acceptors (Lipinski definition) is 6. The first-order chi connectivity index (χ1) is 8.22. The Hall–Kier alpha value is -1.32. The third-order valence-electron chi connectivity index (χ3n) is 2.82. The van der Waals surface area contributed by atoms with E-state index in [-0.39, 0.29) is 12.1 Å². The topological polar surface area (TPSA) is 81.8 Å². The van der Waals surface area contributed by atoms with E-state index in [0.717, 1.165) is 12.8 Å². The van der Waals surface area contributed by atoms with Crippen LogP contribution in [0.15, 0.2) is 11.4 Å². The molecule has 1 heterocycles. The Kier molecular flexibility index (Phi) is 3.82. The van der Waals surface area contributed by atoms with Gasteiger partial charge in [-0.3, -0.25) is 0 Å². The number of thioether (sulfide) groups is 1. The van der Waals surface area contributed by atoms with Gasteiger partial charge in [-0.15, -0.1) is 0 Å². The van der Waals surface area contributed by atoms with E-state index in [0.29, 0.717) is 23.0 Å². The number of hydrogen-bond donors (Lipinski definition) is 2. The summed E-state index contributed by atoms with van der Waals surface area (Å²) in [5.41, 5.74) is 0.448. The molecule has 6 heteroatoms. The molecule has 5 nitrogen and oxygen atoms in total. The molecule has 0 bridgehead atoms. The summed E-state index contributed by atoms with van der Waals surface area (Å²) in [5, 5.41) is 22.3. The van der Waals surface area contributed by atoms with Gasteiger partial charge < -0.3 is 10.4 Å². The van der Waals surface area contributed by atoms with Crippen molar-refractivity contribution in [3.63, 3.8) is 0 Å². The average Bonchev–Trinajstić information content (AvgIpc) is 2.74. The predicted octanol–water partition coefficient (Wildman–Crippen LogP) is 1.40. The molecule has 0 radical (unpaired) electrons. The van der Waals surface area contributed by atoms with E-state index in [1.807, 2.05) is 6.26 Å². The van der Waals surface area contributed by atoms with Crippen molar-refractivity contribution in [1.29, 1.82) is 5.26 Å². The van der Waals surface area contributed by atoms with Crippen molar-refractivity contribution in [1.82, 2.24) is 9.97 Å². The van der Waals surface area contributed by atoms with Crippen LogP contribution in [0, 0.1) is 11.3 Å². The van der Waals surface area contributed by atoms with Crippen molar-refractivity contribution in [2.45, 2.75) is 36.6 Å². The summed E-state index contributed by atoms with van der Waals surface area (Å²) in [4.78, 5) is 8.35. The van der Waals surface area contributed by atoms with Crippen LogP contribution in [0.5, 0.6) is 0 Å². The number of aliphatic hydroxyl groups is 1. The van der Waals surface area contributed by atoms with E-state index in [9.17, 15) is 5.11 Å². The Morgan fingerprint density at radius 2 is 2.41 bits per heavy atom. The first-order valence-electron chi connectivity index (χ1n) is 5.48. The first-order valence-corrected chi connectivity index (χ1v) is 6.71. The molecular weight excluding hydrogens is 236 g/mol. The Bertz CT molecular complexity index is 446. The summed E-state index contributed by atoms with van der Waals surface area (Å²) in [7, 11) is 0. The Labute approximate surface area is 104 Å². The van der Waals surface area contributed by atoms with Crippen molar-refractivity contribution in [3.05, 3.63) is 11.8 Å². The minimum Gasteiger partial charge on any atom is -0.393 e. The highest BCUT2D eigenvalue weighted by Gasteiger charge is 2.23. The summed E-state index contributed by atoms with van der Waals surface area (Å²) >= 11 is 1.44. The molecule has 0 spiro atoms. The summed E-state index contributed by atoms with van der Waals surface area (Å²) in [6, 6.07) is 2.27. The van der Waals surface area contributed by atoms with Crippen LogP contribution < -0.4 is 5.32 Å². The van der Waals surface area contributed by atoms with Crippen LogP contribution in [0.3, 0.4) is 0 Å². The van der Waals surface area contributed by atoms with Crippen LogP contribution in [0.1, 0.15) is 24.8 Å². The van der Waals surface area contributed by atoms with Gasteiger partial charge in [-0.2, -0.15) is 5.26 Å². The zero-order valence-corrected chi connectivity index (χ0v) is 10.4. The molecule has 1 aromatic rings. The van der Waals surface area contributed by atoms with Gasteiger partial charge in [-0.25, -0.2) is 9.97 Å². The van der Waals surface area contributed by atoms with Crippen LogP contribution in [-0.4, -0.2) is 33.5 Å². The Morgan fingerprint density at radius 1 is 1.59 bits per heavy atom. The fourth-order valence-corrected chi connectivity index (χ4v) is 2.28.